The molecule has 0 saturated heterocycles. The lowest BCUT2D eigenvalue weighted by molar-refractivity contribution is -0.145. The maximum Gasteiger partial charge on any atom is 0.310 e. The first-order chi connectivity index (χ1) is 9.10. The first kappa shape index (κ1) is 17.8. The number of ether oxygens (including phenoxy) is 1. The van der Waals surface area contributed by atoms with Gasteiger partial charge in [0.2, 0.25) is 0 Å². The Morgan fingerprint density at radius 3 is 2.58 bits per heavy atom. The lowest BCUT2D eigenvalue weighted by Gasteiger charge is -2.14. The molecule has 0 heterocycles. The van der Waals surface area contributed by atoms with E-state index in [4.69, 9.17) is 4.74 Å². The van der Waals surface area contributed by atoms with Gasteiger partial charge in [-0.25, -0.2) is 0 Å². The Morgan fingerprint density at radius 2 is 2.00 bits per heavy atom. The molecule has 19 heavy (non-hydrogen) atoms. The van der Waals surface area contributed by atoms with Crippen molar-refractivity contribution in [1.82, 2.24) is 0 Å². The van der Waals surface area contributed by atoms with Crippen molar-refractivity contribution in [2.45, 2.75) is 72.3 Å². The van der Waals surface area contributed by atoms with Gasteiger partial charge in [-0.3, -0.25) is 4.79 Å². The Kier molecular flexibility index (Phi) is 11.1. The van der Waals surface area contributed by atoms with Gasteiger partial charge >= 0.3 is 5.97 Å². The fraction of sp³-hybridized carbons (Fsp3) is 0.706. The summed E-state index contributed by atoms with van der Waals surface area (Å²) in [6.45, 7) is 8.38. The molecule has 0 radical (unpaired) electrons. The molecule has 0 aliphatic rings. The molecular formula is C17H28O2. The fourth-order valence-corrected chi connectivity index (χ4v) is 1.61. The minimum absolute atomic E-state index is 0.177. The number of hydrogen-bond acceptors (Lipinski definition) is 2. The summed E-state index contributed by atoms with van der Waals surface area (Å²) in [5, 5.41) is 0. The molecular weight excluding hydrogens is 236 g/mol. The third-order valence-electron chi connectivity index (χ3n) is 2.57. The van der Waals surface area contributed by atoms with Gasteiger partial charge in [-0.05, 0) is 18.8 Å². The van der Waals surface area contributed by atoms with E-state index in [1.165, 1.54) is 12.8 Å². The van der Waals surface area contributed by atoms with Crippen molar-refractivity contribution in [3.63, 3.8) is 0 Å². The molecule has 0 aromatic carbocycles. The van der Waals surface area contributed by atoms with Crippen LogP contribution in [0.4, 0.5) is 0 Å². The topological polar surface area (TPSA) is 26.3 Å². The van der Waals surface area contributed by atoms with E-state index in [2.05, 4.69) is 38.7 Å². The summed E-state index contributed by atoms with van der Waals surface area (Å²) >= 11 is 0. The van der Waals surface area contributed by atoms with Gasteiger partial charge < -0.3 is 4.74 Å². The highest BCUT2D eigenvalue weighted by molar-refractivity contribution is 5.71. The Morgan fingerprint density at radius 1 is 1.26 bits per heavy atom. The Labute approximate surface area is 118 Å². The third kappa shape index (κ3) is 11.6. The second-order valence-electron chi connectivity index (χ2n) is 5.10. The number of esters is 1. The van der Waals surface area contributed by atoms with Gasteiger partial charge in [0, 0.05) is 6.42 Å². The molecule has 0 aromatic rings. The average molecular weight is 264 g/mol. The summed E-state index contributed by atoms with van der Waals surface area (Å²) < 4.78 is 5.41. The van der Waals surface area contributed by atoms with Crippen molar-refractivity contribution in [2.75, 3.05) is 0 Å². The number of unbranched alkanes of at least 4 members (excludes halogenated alkanes) is 2. The van der Waals surface area contributed by atoms with E-state index in [0.29, 0.717) is 12.3 Å². The van der Waals surface area contributed by atoms with Gasteiger partial charge in [-0.15, -0.1) is 0 Å². The highest BCUT2D eigenvalue weighted by atomic mass is 16.5. The van der Waals surface area contributed by atoms with Crippen LogP contribution >= 0.6 is 0 Å². The van der Waals surface area contributed by atoms with Gasteiger partial charge in [-0.2, -0.15) is 0 Å². The van der Waals surface area contributed by atoms with E-state index in [9.17, 15) is 4.79 Å². The zero-order valence-corrected chi connectivity index (χ0v) is 12.9. The molecule has 0 spiro atoms. The van der Waals surface area contributed by atoms with Gasteiger partial charge in [0.15, 0.2) is 6.10 Å². The smallest absolute Gasteiger partial charge is 0.310 e. The molecule has 2 heteroatoms. The third-order valence-corrected chi connectivity index (χ3v) is 2.57. The van der Waals surface area contributed by atoms with Crippen molar-refractivity contribution in [1.29, 1.82) is 0 Å². The van der Waals surface area contributed by atoms with Crippen LogP contribution in [0.5, 0.6) is 0 Å². The van der Waals surface area contributed by atoms with E-state index in [-0.39, 0.29) is 12.1 Å². The minimum Gasteiger partial charge on any atom is -0.449 e. The summed E-state index contributed by atoms with van der Waals surface area (Å²) in [6, 6.07) is 0. The molecule has 0 saturated carbocycles. The van der Waals surface area contributed by atoms with Crippen LogP contribution in [0.1, 0.15) is 66.2 Å². The molecule has 0 aliphatic carbocycles. The molecule has 1 unspecified atom stereocenters. The SMILES string of the molecule is CCC#CC(CC(C)C)OC(=O)C/C=C/CCCC. The summed E-state index contributed by atoms with van der Waals surface area (Å²) in [5.41, 5.74) is 0. The van der Waals surface area contributed by atoms with E-state index in [0.717, 1.165) is 19.3 Å². The van der Waals surface area contributed by atoms with E-state index in [1.54, 1.807) is 0 Å². The van der Waals surface area contributed by atoms with Crippen molar-refractivity contribution < 1.29 is 9.53 Å². The monoisotopic (exact) mass is 264 g/mol. The normalized spacial score (nSPS) is 12.3. The zero-order valence-electron chi connectivity index (χ0n) is 12.9. The van der Waals surface area contributed by atoms with Crippen LogP contribution in [0.15, 0.2) is 12.2 Å². The fourth-order valence-electron chi connectivity index (χ4n) is 1.61. The highest BCUT2D eigenvalue weighted by Crippen LogP contribution is 2.09. The molecule has 0 rings (SSSR count). The number of hydrogen-bond donors (Lipinski definition) is 0. The molecule has 2 nitrogen and oxygen atoms in total. The summed E-state index contributed by atoms with van der Waals surface area (Å²) in [6.07, 6.45) is 9.04. The zero-order chi connectivity index (χ0) is 14.5. The molecule has 0 fully saturated rings. The lowest BCUT2D eigenvalue weighted by atomic mass is 10.1. The lowest BCUT2D eigenvalue weighted by Crippen LogP contribution is -2.18. The van der Waals surface area contributed by atoms with Crippen LogP contribution in [0.3, 0.4) is 0 Å². The maximum atomic E-state index is 11.7. The van der Waals surface area contributed by atoms with Gasteiger partial charge in [-0.1, -0.05) is 64.5 Å². The van der Waals surface area contributed by atoms with Gasteiger partial charge in [0.1, 0.15) is 0 Å². The Hall–Kier alpha value is -1.23. The maximum absolute atomic E-state index is 11.7. The number of rotatable bonds is 8. The van der Waals surface area contributed by atoms with E-state index < -0.39 is 0 Å². The summed E-state index contributed by atoms with van der Waals surface area (Å²) in [4.78, 5) is 11.7. The van der Waals surface area contributed by atoms with Crippen molar-refractivity contribution in [2.24, 2.45) is 5.92 Å². The predicted octanol–water partition coefficient (Wildman–Crippen LogP) is 4.49. The second-order valence-corrected chi connectivity index (χ2v) is 5.10. The predicted molar refractivity (Wildman–Crippen MR) is 80.7 cm³/mol. The number of carbonyl (C=O) groups is 1. The molecule has 0 amide bonds. The van der Waals surface area contributed by atoms with Crippen molar-refractivity contribution in [3.8, 4) is 11.8 Å². The van der Waals surface area contributed by atoms with E-state index >= 15 is 0 Å². The Balaban J connectivity index is 4.12. The number of carbonyl (C=O) groups excluding carboxylic acids is 1. The van der Waals surface area contributed by atoms with Crippen molar-refractivity contribution >= 4 is 5.97 Å². The molecule has 1 atom stereocenters. The molecule has 108 valence electrons. The minimum atomic E-state index is -0.253. The van der Waals surface area contributed by atoms with E-state index in [1.807, 2.05) is 13.0 Å². The standard InChI is InChI=1S/C17H28O2/c1-5-7-9-10-11-13-17(18)19-16(12-8-6-2)14-15(3)4/h10-11,15-16H,5-7,9,13-14H2,1-4H3/b11-10+. The van der Waals surface area contributed by atoms with Crippen LogP contribution in [0, 0.1) is 17.8 Å². The average Bonchev–Trinajstić information content (AvgIpc) is 2.35. The molecule has 0 aliphatic heterocycles. The first-order valence-electron chi connectivity index (χ1n) is 7.42. The largest absolute Gasteiger partial charge is 0.449 e. The molecule has 0 aromatic heterocycles. The Bertz CT molecular complexity index is 318. The van der Waals surface area contributed by atoms with Crippen LogP contribution in [0.2, 0.25) is 0 Å². The van der Waals surface area contributed by atoms with Crippen LogP contribution in [0.25, 0.3) is 0 Å². The van der Waals surface area contributed by atoms with Crippen LogP contribution < -0.4 is 0 Å². The highest BCUT2D eigenvalue weighted by Gasteiger charge is 2.12. The molecule has 0 bridgehead atoms. The summed E-state index contributed by atoms with van der Waals surface area (Å²) in [5.74, 6) is 6.32. The van der Waals surface area contributed by atoms with Gasteiger partial charge in [0.25, 0.3) is 0 Å². The quantitative estimate of drug-likeness (QED) is 0.279. The van der Waals surface area contributed by atoms with Crippen LogP contribution in [-0.4, -0.2) is 12.1 Å². The van der Waals surface area contributed by atoms with Crippen molar-refractivity contribution in [3.05, 3.63) is 12.2 Å². The second kappa shape index (κ2) is 11.8. The van der Waals surface area contributed by atoms with Gasteiger partial charge in [0.05, 0.1) is 6.42 Å². The first-order valence-corrected chi connectivity index (χ1v) is 7.42. The van der Waals surface area contributed by atoms with Crippen LogP contribution in [-0.2, 0) is 9.53 Å². The molecule has 0 N–H and O–H groups in total. The number of allylic oxidation sites excluding steroid dienone is 1. The summed E-state index contributed by atoms with van der Waals surface area (Å²) in [7, 11) is 0.